The number of nitrogens with two attached hydrogens (primary N) is 1. The Kier molecular flexibility index (Phi) is 5.13. The van der Waals surface area contributed by atoms with E-state index in [9.17, 15) is 19.5 Å². The molecule has 0 aromatic heterocycles. The molecule has 3 amide bonds. The molecular weight excluding hydrogens is 336 g/mol. The average Bonchev–Trinajstić information content (AvgIpc) is 2.60. The quantitative estimate of drug-likeness (QED) is 0.760. The number of nitrogens with zero attached hydrogens (tertiary/aromatic N) is 3. The highest BCUT2D eigenvalue weighted by molar-refractivity contribution is 5.89. The zero-order valence-corrected chi connectivity index (χ0v) is 14.8. The smallest absolute Gasteiger partial charge is 0.245 e. The van der Waals surface area contributed by atoms with Crippen LogP contribution in [0.15, 0.2) is 24.3 Å². The molecule has 1 aromatic rings. The van der Waals surface area contributed by atoms with Gasteiger partial charge >= 0.3 is 0 Å². The minimum atomic E-state index is -0.559. The van der Waals surface area contributed by atoms with Gasteiger partial charge in [0, 0.05) is 32.5 Å². The number of rotatable bonds is 5. The first-order valence-corrected chi connectivity index (χ1v) is 8.77. The molecule has 0 spiro atoms. The van der Waals surface area contributed by atoms with Crippen molar-refractivity contribution >= 4 is 17.7 Å². The van der Waals surface area contributed by atoms with E-state index in [1.807, 2.05) is 12.1 Å². The molecule has 2 atom stereocenters. The lowest BCUT2D eigenvalue weighted by Crippen LogP contribution is -2.69. The van der Waals surface area contributed by atoms with Crippen molar-refractivity contribution in [3.8, 4) is 5.75 Å². The minimum absolute atomic E-state index is 0.0210. The van der Waals surface area contributed by atoms with Crippen LogP contribution in [0.5, 0.6) is 5.75 Å². The highest BCUT2D eigenvalue weighted by atomic mass is 16.3. The van der Waals surface area contributed by atoms with Gasteiger partial charge in [0.05, 0.1) is 6.54 Å². The molecule has 0 bridgehead atoms. The van der Waals surface area contributed by atoms with Crippen LogP contribution >= 0.6 is 0 Å². The van der Waals surface area contributed by atoms with Gasteiger partial charge in [0.2, 0.25) is 17.7 Å². The summed E-state index contributed by atoms with van der Waals surface area (Å²) in [4.78, 5) is 41.5. The van der Waals surface area contributed by atoms with Crippen LogP contribution in [0.4, 0.5) is 0 Å². The van der Waals surface area contributed by atoms with Crippen LogP contribution < -0.4 is 5.73 Å². The number of fused-ring (bicyclic) bond motifs is 1. The van der Waals surface area contributed by atoms with Crippen LogP contribution in [0.2, 0.25) is 0 Å². The van der Waals surface area contributed by atoms with Crippen LogP contribution in [0, 0.1) is 0 Å². The third kappa shape index (κ3) is 3.65. The summed E-state index contributed by atoms with van der Waals surface area (Å²) < 4.78 is 0. The second kappa shape index (κ2) is 7.33. The van der Waals surface area contributed by atoms with Crippen molar-refractivity contribution in [2.45, 2.75) is 38.5 Å². The second-order valence-electron chi connectivity index (χ2n) is 6.85. The Balaban J connectivity index is 1.79. The Bertz CT molecular complexity index is 706. The fourth-order valence-corrected chi connectivity index (χ4v) is 3.67. The first-order chi connectivity index (χ1) is 12.4. The Labute approximate surface area is 152 Å². The van der Waals surface area contributed by atoms with Gasteiger partial charge in [-0.3, -0.25) is 19.3 Å². The molecule has 8 nitrogen and oxygen atoms in total. The monoisotopic (exact) mass is 360 g/mol. The number of carbonyl (C=O) groups is 3. The zero-order valence-electron chi connectivity index (χ0n) is 14.8. The van der Waals surface area contributed by atoms with E-state index in [4.69, 9.17) is 5.73 Å². The molecule has 2 heterocycles. The molecule has 3 N–H and O–H groups in total. The number of amides is 3. The van der Waals surface area contributed by atoms with Crippen molar-refractivity contribution in [3.63, 3.8) is 0 Å². The molecule has 26 heavy (non-hydrogen) atoms. The molecule has 8 heteroatoms. The lowest BCUT2D eigenvalue weighted by atomic mass is 10.0. The van der Waals surface area contributed by atoms with Crippen LogP contribution in [-0.2, 0) is 20.9 Å². The molecule has 1 aromatic carbocycles. The van der Waals surface area contributed by atoms with Crippen molar-refractivity contribution in [2.75, 3.05) is 19.6 Å². The largest absolute Gasteiger partial charge is 0.508 e. The van der Waals surface area contributed by atoms with Crippen molar-refractivity contribution in [2.24, 2.45) is 5.73 Å². The van der Waals surface area contributed by atoms with E-state index in [-0.39, 0.29) is 36.7 Å². The van der Waals surface area contributed by atoms with Gasteiger partial charge in [-0.25, -0.2) is 0 Å². The van der Waals surface area contributed by atoms with Gasteiger partial charge in [0.25, 0.3) is 0 Å². The van der Waals surface area contributed by atoms with Crippen molar-refractivity contribution in [3.05, 3.63) is 29.8 Å². The number of aromatic hydroxyl groups is 1. The van der Waals surface area contributed by atoms with Gasteiger partial charge in [-0.2, -0.15) is 0 Å². The van der Waals surface area contributed by atoms with Gasteiger partial charge < -0.3 is 20.6 Å². The molecule has 2 fully saturated rings. The van der Waals surface area contributed by atoms with E-state index in [2.05, 4.69) is 4.90 Å². The predicted molar refractivity (Wildman–Crippen MR) is 93.6 cm³/mol. The molecule has 2 saturated heterocycles. The number of phenolic OH excluding ortho intramolecular Hbond substituents is 1. The molecule has 2 aliphatic rings. The van der Waals surface area contributed by atoms with Crippen LogP contribution in [-0.4, -0.2) is 69.4 Å². The number of hydrogen-bond donors (Lipinski definition) is 2. The summed E-state index contributed by atoms with van der Waals surface area (Å²) in [7, 11) is 0. The first kappa shape index (κ1) is 18.2. The number of primary amides is 1. The van der Waals surface area contributed by atoms with Gasteiger partial charge in [-0.1, -0.05) is 12.1 Å². The summed E-state index contributed by atoms with van der Waals surface area (Å²) in [6, 6.07) is 6.40. The summed E-state index contributed by atoms with van der Waals surface area (Å²) in [5.74, 6) is -0.415. The minimum Gasteiger partial charge on any atom is -0.508 e. The maximum atomic E-state index is 12.6. The van der Waals surface area contributed by atoms with E-state index < -0.39 is 11.9 Å². The molecule has 3 rings (SSSR count). The van der Waals surface area contributed by atoms with E-state index in [1.54, 1.807) is 28.9 Å². The number of benzene rings is 1. The summed E-state index contributed by atoms with van der Waals surface area (Å²) in [6.07, 6.45) is 0.246. The summed E-state index contributed by atoms with van der Waals surface area (Å²) in [5.41, 5.74) is 6.23. The van der Waals surface area contributed by atoms with Crippen molar-refractivity contribution in [1.82, 2.24) is 14.7 Å². The number of piperazine rings is 1. The summed E-state index contributed by atoms with van der Waals surface area (Å²) >= 11 is 0. The SMILES string of the molecule is CC1C(=O)N(CCC(N)=O)CC2N(Cc3ccc(O)cc3)CCC(=O)N12. The molecule has 2 unspecified atom stereocenters. The van der Waals surface area contributed by atoms with E-state index in [0.29, 0.717) is 26.1 Å². The standard InChI is InChI=1S/C18H24N4O4/c1-12-18(26)21(8-6-15(19)24)11-16-20(9-7-17(25)22(12)16)10-13-2-4-14(23)5-3-13/h2-5,12,16,23H,6-11H2,1H3,(H2,19,24). The summed E-state index contributed by atoms with van der Waals surface area (Å²) in [6.45, 7) is 3.57. The van der Waals surface area contributed by atoms with Gasteiger partial charge in [-0.05, 0) is 24.6 Å². The molecule has 0 radical (unpaired) electrons. The maximum Gasteiger partial charge on any atom is 0.245 e. The van der Waals surface area contributed by atoms with Crippen LogP contribution in [0.25, 0.3) is 0 Å². The van der Waals surface area contributed by atoms with Crippen LogP contribution in [0.1, 0.15) is 25.3 Å². The summed E-state index contributed by atoms with van der Waals surface area (Å²) in [5, 5.41) is 9.44. The van der Waals surface area contributed by atoms with Gasteiger partial charge in [-0.15, -0.1) is 0 Å². The van der Waals surface area contributed by atoms with E-state index in [0.717, 1.165) is 5.56 Å². The number of carbonyl (C=O) groups excluding carboxylic acids is 3. The Morgan fingerprint density at radius 1 is 1.27 bits per heavy atom. The Hall–Kier alpha value is -2.61. The molecular formula is C18H24N4O4. The molecule has 0 saturated carbocycles. The van der Waals surface area contributed by atoms with Crippen molar-refractivity contribution < 1.29 is 19.5 Å². The average molecular weight is 360 g/mol. The highest BCUT2D eigenvalue weighted by Crippen LogP contribution is 2.27. The topological polar surface area (TPSA) is 107 Å². The normalized spacial score (nSPS) is 23.9. The second-order valence-corrected chi connectivity index (χ2v) is 6.85. The fraction of sp³-hybridized carbons (Fsp3) is 0.500. The lowest BCUT2D eigenvalue weighted by molar-refractivity contribution is -0.169. The highest BCUT2D eigenvalue weighted by Gasteiger charge is 2.45. The van der Waals surface area contributed by atoms with E-state index in [1.165, 1.54) is 0 Å². The molecule has 2 aliphatic heterocycles. The van der Waals surface area contributed by atoms with E-state index >= 15 is 0 Å². The Morgan fingerprint density at radius 2 is 1.96 bits per heavy atom. The zero-order chi connectivity index (χ0) is 18.8. The van der Waals surface area contributed by atoms with Gasteiger partial charge in [0.15, 0.2) is 0 Å². The molecule has 0 aliphatic carbocycles. The van der Waals surface area contributed by atoms with Crippen molar-refractivity contribution in [1.29, 1.82) is 0 Å². The number of phenols is 1. The Morgan fingerprint density at radius 3 is 2.62 bits per heavy atom. The van der Waals surface area contributed by atoms with Crippen LogP contribution in [0.3, 0.4) is 0 Å². The first-order valence-electron chi connectivity index (χ1n) is 8.77. The maximum absolute atomic E-state index is 12.6. The van der Waals surface area contributed by atoms with Gasteiger partial charge in [0.1, 0.15) is 18.0 Å². The number of hydrogen-bond acceptors (Lipinski definition) is 5. The third-order valence-corrected chi connectivity index (χ3v) is 5.06. The predicted octanol–water partition coefficient (Wildman–Crippen LogP) is -0.141. The lowest BCUT2D eigenvalue weighted by Gasteiger charge is -2.51. The fourth-order valence-electron chi connectivity index (χ4n) is 3.67. The third-order valence-electron chi connectivity index (χ3n) is 5.06. The molecule has 140 valence electrons.